The molecule has 2 N–H and O–H groups in total. The average molecular weight is 302 g/mol. The number of rotatable bonds is 5. The van der Waals surface area contributed by atoms with Crippen molar-refractivity contribution in [3.05, 3.63) is 65.1 Å². The molecule has 0 radical (unpaired) electrons. The van der Waals surface area contributed by atoms with Crippen molar-refractivity contribution < 1.29 is 4.74 Å². The Morgan fingerprint density at radius 2 is 2.14 bits per heavy atom. The summed E-state index contributed by atoms with van der Waals surface area (Å²) in [4.78, 5) is 4.56. The molecule has 0 amide bonds. The Bertz CT molecular complexity index is 754. The van der Waals surface area contributed by atoms with Crippen LogP contribution >= 0.6 is 11.6 Å². The van der Waals surface area contributed by atoms with Gasteiger partial charge in [-0.1, -0.05) is 23.7 Å². The van der Waals surface area contributed by atoms with Crippen LogP contribution in [-0.2, 0) is 13.0 Å². The van der Waals surface area contributed by atoms with Crippen LogP contribution in [0.25, 0.3) is 5.65 Å². The van der Waals surface area contributed by atoms with Crippen molar-refractivity contribution in [1.29, 1.82) is 0 Å². The third kappa shape index (κ3) is 3.17. The second kappa shape index (κ2) is 6.16. The van der Waals surface area contributed by atoms with Crippen LogP contribution in [-0.4, -0.2) is 15.9 Å². The van der Waals surface area contributed by atoms with Gasteiger partial charge in [-0.2, -0.15) is 0 Å². The highest BCUT2D eigenvalue weighted by atomic mass is 35.5. The Labute approximate surface area is 128 Å². The summed E-state index contributed by atoms with van der Waals surface area (Å²) in [5.74, 6) is 0.751. The summed E-state index contributed by atoms with van der Waals surface area (Å²) in [7, 11) is 0. The van der Waals surface area contributed by atoms with E-state index in [0.29, 0.717) is 18.2 Å². The van der Waals surface area contributed by atoms with Crippen molar-refractivity contribution in [2.45, 2.75) is 13.0 Å². The van der Waals surface area contributed by atoms with E-state index in [9.17, 15) is 0 Å². The lowest BCUT2D eigenvalue weighted by Crippen LogP contribution is -2.02. The standard InChI is InChI=1S/C16H16ClN3O/c17-13-4-1-3-12(9-13)11-21-15-5-2-8-20-10-14(6-7-18)19-16(15)20/h1-5,8-10H,6-7,11,18H2. The van der Waals surface area contributed by atoms with Crippen LogP contribution < -0.4 is 10.5 Å². The predicted molar refractivity (Wildman–Crippen MR) is 83.7 cm³/mol. The van der Waals surface area contributed by atoms with E-state index in [1.54, 1.807) is 0 Å². The molecule has 0 aliphatic carbocycles. The minimum absolute atomic E-state index is 0.458. The van der Waals surface area contributed by atoms with Gasteiger partial charge in [-0.05, 0) is 36.4 Å². The molecule has 5 heteroatoms. The summed E-state index contributed by atoms with van der Waals surface area (Å²) in [6.07, 6.45) is 4.69. The van der Waals surface area contributed by atoms with Gasteiger partial charge in [0, 0.05) is 23.8 Å². The quantitative estimate of drug-likeness (QED) is 0.788. The molecule has 3 rings (SSSR count). The average Bonchev–Trinajstić information content (AvgIpc) is 2.88. The molecule has 0 atom stereocenters. The van der Waals surface area contributed by atoms with E-state index >= 15 is 0 Å². The van der Waals surface area contributed by atoms with Gasteiger partial charge >= 0.3 is 0 Å². The first-order valence-electron chi connectivity index (χ1n) is 6.80. The summed E-state index contributed by atoms with van der Waals surface area (Å²) < 4.78 is 7.84. The van der Waals surface area contributed by atoms with Gasteiger partial charge in [-0.15, -0.1) is 0 Å². The van der Waals surface area contributed by atoms with Crippen molar-refractivity contribution in [2.75, 3.05) is 6.54 Å². The molecule has 0 unspecified atom stereocenters. The predicted octanol–water partition coefficient (Wildman–Crippen LogP) is 3.07. The van der Waals surface area contributed by atoms with Gasteiger partial charge in [-0.25, -0.2) is 4.98 Å². The highest BCUT2D eigenvalue weighted by molar-refractivity contribution is 6.30. The van der Waals surface area contributed by atoms with Crippen LogP contribution in [0.5, 0.6) is 5.75 Å². The monoisotopic (exact) mass is 301 g/mol. The van der Waals surface area contributed by atoms with E-state index in [2.05, 4.69) is 4.98 Å². The van der Waals surface area contributed by atoms with E-state index < -0.39 is 0 Å². The van der Waals surface area contributed by atoms with Crippen molar-refractivity contribution in [3.8, 4) is 5.75 Å². The summed E-state index contributed by atoms with van der Waals surface area (Å²) in [5.41, 5.74) is 8.38. The zero-order chi connectivity index (χ0) is 14.7. The van der Waals surface area contributed by atoms with Crippen LogP contribution in [0.1, 0.15) is 11.3 Å². The molecule has 3 aromatic rings. The van der Waals surface area contributed by atoms with Crippen LogP contribution in [0.2, 0.25) is 5.02 Å². The second-order valence-electron chi connectivity index (χ2n) is 4.79. The summed E-state index contributed by atoms with van der Waals surface area (Å²) >= 11 is 5.98. The molecule has 4 nitrogen and oxygen atoms in total. The molecular formula is C16H16ClN3O. The fraction of sp³-hybridized carbons (Fsp3) is 0.188. The number of hydrogen-bond acceptors (Lipinski definition) is 3. The van der Waals surface area contributed by atoms with Gasteiger partial charge < -0.3 is 14.9 Å². The van der Waals surface area contributed by atoms with Crippen molar-refractivity contribution in [2.24, 2.45) is 5.73 Å². The molecule has 2 aromatic heterocycles. The molecule has 108 valence electrons. The second-order valence-corrected chi connectivity index (χ2v) is 5.23. The maximum absolute atomic E-state index is 5.98. The molecule has 21 heavy (non-hydrogen) atoms. The highest BCUT2D eigenvalue weighted by Gasteiger charge is 2.07. The smallest absolute Gasteiger partial charge is 0.179 e. The number of fused-ring (bicyclic) bond motifs is 1. The third-order valence-electron chi connectivity index (χ3n) is 3.18. The lowest BCUT2D eigenvalue weighted by atomic mass is 10.2. The number of benzene rings is 1. The van der Waals surface area contributed by atoms with E-state index in [1.807, 2.05) is 53.2 Å². The molecule has 0 spiro atoms. The maximum atomic E-state index is 5.98. The van der Waals surface area contributed by atoms with Gasteiger partial charge in [0.1, 0.15) is 6.61 Å². The number of pyridine rings is 1. The first-order chi connectivity index (χ1) is 10.3. The van der Waals surface area contributed by atoms with E-state index in [-0.39, 0.29) is 0 Å². The minimum Gasteiger partial charge on any atom is -0.485 e. The Hall–Kier alpha value is -2.04. The van der Waals surface area contributed by atoms with Crippen molar-refractivity contribution in [1.82, 2.24) is 9.38 Å². The Morgan fingerprint density at radius 3 is 2.95 bits per heavy atom. The Kier molecular flexibility index (Phi) is 4.08. The van der Waals surface area contributed by atoms with E-state index in [1.165, 1.54) is 0 Å². The Balaban J connectivity index is 1.83. The van der Waals surface area contributed by atoms with Crippen LogP contribution in [0.3, 0.4) is 0 Å². The van der Waals surface area contributed by atoms with Gasteiger partial charge in [-0.3, -0.25) is 0 Å². The van der Waals surface area contributed by atoms with Crippen LogP contribution in [0.4, 0.5) is 0 Å². The number of halogens is 1. The number of ether oxygens (including phenoxy) is 1. The summed E-state index contributed by atoms with van der Waals surface area (Å²) in [5, 5.41) is 0.709. The molecular weight excluding hydrogens is 286 g/mol. The van der Waals surface area contributed by atoms with E-state index in [4.69, 9.17) is 22.1 Å². The largest absolute Gasteiger partial charge is 0.485 e. The Morgan fingerprint density at radius 1 is 1.24 bits per heavy atom. The molecule has 0 saturated carbocycles. The molecule has 0 fully saturated rings. The van der Waals surface area contributed by atoms with Crippen LogP contribution in [0.15, 0.2) is 48.8 Å². The summed E-state index contributed by atoms with van der Waals surface area (Å²) in [6, 6.07) is 11.5. The number of nitrogens with zero attached hydrogens (tertiary/aromatic N) is 2. The van der Waals surface area contributed by atoms with Gasteiger partial charge in [0.2, 0.25) is 0 Å². The van der Waals surface area contributed by atoms with Crippen LogP contribution in [0, 0.1) is 0 Å². The zero-order valence-corrected chi connectivity index (χ0v) is 12.3. The van der Waals surface area contributed by atoms with Gasteiger partial charge in [0.15, 0.2) is 11.4 Å². The van der Waals surface area contributed by atoms with E-state index in [0.717, 1.165) is 29.1 Å². The SMILES string of the molecule is NCCc1cn2cccc(OCc3cccc(Cl)c3)c2n1. The normalized spacial score (nSPS) is 11.0. The number of nitrogens with two attached hydrogens (primary N) is 1. The van der Waals surface area contributed by atoms with Crippen molar-refractivity contribution >= 4 is 17.2 Å². The number of imidazole rings is 1. The first-order valence-corrected chi connectivity index (χ1v) is 7.18. The van der Waals surface area contributed by atoms with Gasteiger partial charge in [0.05, 0.1) is 5.69 Å². The molecule has 0 aliphatic heterocycles. The number of hydrogen-bond donors (Lipinski definition) is 1. The zero-order valence-electron chi connectivity index (χ0n) is 11.5. The third-order valence-corrected chi connectivity index (χ3v) is 3.42. The lowest BCUT2D eigenvalue weighted by Gasteiger charge is -2.07. The minimum atomic E-state index is 0.458. The fourth-order valence-corrected chi connectivity index (χ4v) is 2.42. The molecule has 2 heterocycles. The topological polar surface area (TPSA) is 52.5 Å². The summed E-state index contributed by atoms with van der Waals surface area (Å²) in [6.45, 7) is 1.04. The van der Waals surface area contributed by atoms with Crippen molar-refractivity contribution in [3.63, 3.8) is 0 Å². The first kappa shape index (κ1) is 13.9. The molecule has 0 saturated heterocycles. The fourth-order valence-electron chi connectivity index (χ4n) is 2.21. The molecule has 0 aliphatic rings. The molecule has 1 aromatic carbocycles. The number of aromatic nitrogens is 2. The maximum Gasteiger partial charge on any atom is 0.179 e. The highest BCUT2D eigenvalue weighted by Crippen LogP contribution is 2.21. The molecule has 0 bridgehead atoms. The van der Waals surface area contributed by atoms with Gasteiger partial charge in [0.25, 0.3) is 0 Å². The lowest BCUT2D eigenvalue weighted by molar-refractivity contribution is 0.308.